The average molecular weight is 409 g/mol. The lowest BCUT2D eigenvalue weighted by atomic mass is 10.2. The summed E-state index contributed by atoms with van der Waals surface area (Å²) in [5.41, 5.74) is 1.99. The third kappa shape index (κ3) is 5.76. The SMILES string of the molecule is COC(=O)c1ccc(OC(=O)/C=C/c2ccccc2OCc2csc(C)n2)cc1. The highest BCUT2D eigenvalue weighted by molar-refractivity contribution is 7.09. The van der Waals surface area contributed by atoms with Gasteiger partial charge < -0.3 is 14.2 Å². The summed E-state index contributed by atoms with van der Waals surface area (Å²) in [7, 11) is 1.31. The number of carbonyl (C=O) groups is 2. The van der Waals surface area contributed by atoms with E-state index >= 15 is 0 Å². The number of methoxy groups -OCH3 is 1. The highest BCUT2D eigenvalue weighted by Gasteiger charge is 2.07. The van der Waals surface area contributed by atoms with E-state index in [2.05, 4.69) is 9.72 Å². The van der Waals surface area contributed by atoms with E-state index < -0.39 is 11.9 Å². The van der Waals surface area contributed by atoms with Crippen LogP contribution in [0.5, 0.6) is 11.5 Å². The van der Waals surface area contributed by atoms with E-state index in [0.717, 1.165) is 16.3 Å². The number of aromatic nitrogens is 1. The largest absolute Gasteiger partial charge is 0.487 e. The minimum atomic E-state index is -0.541. The number of esters is 2. The van der Waals surface area contributed by atoms with Gasteiger partial charge in [-0.2, -0.15) is 0 Å². The third-order valence-electron chi connectivity index (χ3n) is 3.85. The molecule has 1 heterocycles. The molecule has 0 bridgehead atoms. The summed E-state index contributed by atoms with van der Waals surface area (Å²) in [5, 5.41) is 2.94. The van der Waals surface area contributed by atoms with E-state index in [1.807, 2.05) is 36.6 Å². The normalized spacial score (nSPS) is 10.7. The van der Waals surface area contributed by atoms with Gasteiger partial charge in [-0.1, -0.05) is 18.2 Å². The summed E-state index contributed by atoms with van der Waals surface area (Å²) >= 11 is 1.57. The van der Waals surface area contributed by atoms with Crippen LogP contribution in [0.3, 0.4) is 0 Å². The first kappa shape index (κ1) is 20.3. The quantitative estimate of drug-likeness (QED) is 0.326. The van der Waals surface area contributed by atoms with Crippen LogP contribution in [-0.2, 0) is 16.1 Å². The maximum absolute atomic E-state index is 12.1. The van der Waals surface area contributed by atoms with Crippen LogP contribution in [0.1, 0.15) is 26.6 Å². The number of ether oxygens (including phenoxy) is 3. The van der Waals surface area contributed by atoms with Crippen molar-refractivity contribution in [1.82, 2.24) is 4.98 Å². The zero-order valence-corrected chi connectivity index (χ0v) is 16.8. The summed E-state index contributed by atoms with van der Waals surface area (Å²) in [6, 6.07) is 13.5. The van der Waals surface area contributed by atoms with Crippen molar-refractivity contribution < 1.29 is 23.8 Å². The van der Waals surface area contributed by atoms with Gasteiger partial charge in [0.05, 0.1) is 23.4 Å². The fourth-order valence-electron chi connectivity index (χ4n) is 2.46. The van der Waals surface area contributed by atoms with E-state index in [-0.39, 0.29) is 0 Å². The molecule has 0 atom stereocenters. The second-order valence-electron chi connectivity index (χ2n) is 5.95. The van der Waals surface area contributed by atoms with E-state index in [1.165, 1.54) is 37.5 Å². The van der Waals surface area contributed by atoms with Gasteiger partial charge in [0.2, 0.25) is 0 Å². The Hall–Kier alpha value is -3.45. The van der Waals surface area contributed by atoms with E-state index in [1.54, 1.807) is 17.4 Å². The Morgan fingerprint density at radius 3 is 2.55 bits per heavy atom. The second-order valence-corrected chi connectivity index (χ2v) is 7.02. The van der Waals surface area contributed by atoms with Gasteiger partial charge in [0.15, 0.2) is 0 Å². The Balaban J connectivity index is 1.61. The number of aryl methyl sites for hydroxylation is 1. The number of para-hydroxylation sites is 1. The van der Waals surface area contributed by atoms with Crippen molar-refractivity contribution in [1.29, 1.82) is 0 Å². The third-order valence-corrected chi connectivity index (χ3v) is 4.68. The number of thiazole rings is 1. The summed E-state index contributed by atoms with van der Waals surface area (Å²) < 4.78 is 15.7. The fourth-order valence-corrected chi connectivity index (χ4v) is 3.06. The molecule has 3 aromatic rings. The Kier molecular flexibility index (Phi) is 6.76. The molecule has 148 valence electrons. The van der Waals surface area contributed by atoms with Crippen LogP contribution in [0.15, 0.2) is 60.0 Å². The molecule has 0 saturated heterocycles. The minimum Gasteiger partial charge on any atom is -0.487 e. The molecular formula is C22H19NO5S. The van der Waals surface area contributed by atoms with Crippen molar-refractivity contribution in [3.63, 3.8) is 0 Å². The molecule has 3 rings (SSSR count). The molecule has 0 aliphatic rings. The minimum absolute atomic E-state index is 0.329. The van der Waals surface area contributed by atoms with Crippen molar-refractivity contribution in [3.05, 3.63) is 81.8 Å². The predicted octanol–water partition coefficient (Wildman–Crippen LogP) is 4.44. The Morgan fingerprint density at radius 2 is 1.86 bits per heavy atom. The smallest absolute Gasteiger partial charge is 0.337 e. The summed E-state index contributed by atoms with van der Waals surface area (Å²) in [6.07, 6.45) is 2.95. The average Bonchev–Trinajstić information content (AvgIpc) is 3.16. The van der Waals surface area contributed by atoms with Gasteiger partial charge in [0.25, 0.3) is 0 Å². The number of hydrogen-bond donors (Lipinski definition) is 0. The van der Waals surface area contributed by atoms with Gasteiger partial charge in [-0.15, -0.1) is 11.3 Å². The predicted molar refractivity (Wildman–Crippen MR) is 110 cm³/mol. The van der Waals surface area contributed by atoms with Crippen LogP contribution in [0.4, 0.5) is 0 Å². The van der Waals surface area contributed by atoms with Crippen LogP contribution < -0.4 is 9.47 Å². The van der Waals surface area contributed by atoms with Crippen LogP contribution >= 0.6 is 11.3 Å². The molecule has 29 heavy (non-hydrogen) atoms. The molecule has 0 saturated carbocycles. The van der Waals surface area contributed by atoms with Crippen LogP contribution in [0, 0.1) is 6.92 Å². The van der Waals surface area contributed by atoms with Crippen molar-refractivity contribution in [2.75, 3.05) is 7.11 Å². The molecule has 0 amide bonds. The Morgan fingerprint density at radius 1 is 1.10 bits per heavy atom. The van der Waals surface area contributed by atoms with Crippen molar-refractivity contribution in [2.24, 2.45) is 0 Å². The van der Waals surface area contributed by atoms with Gasteiger partial charge >= 0.3 is 11.9 Å². The number of nitrogens with zero attached hydrogens (tertiary/aromatic N) is 1. The zero-order valence-electron chi connectivity index (χ0n) is 16.0. The van der Waals surface area contributed by atoms with Crippen molar-refractivity contribution in [3.8, 4) is 11.5 Å². The van der Waals surface area contributed by atoms with Crippen LogP contribution in [0.2, 0.25) is 0 Å². The van der Waals surface area contributed by atoms with Crippen LogP contribution in [0.25, 0.3) is 6.08 Å². The van der Waals surface area contributed by atoms with E-state index in [9.17, 15) is 9.59 Å². The Labute approximate surface area is 172 Å². The molecule has 0 unspecified atom stereocenters. The molecule has 0 N–H and O–H groups in total. The molecular weight excluding hydrogens is 390 g/mol. The first-order valence-electron chi connectivity index (χ1n) is 8.76. The van der Waals surface area contributed by atoms with Crippen molar-refractivity contribution in [2.45, 2.75) is 13.5 Å². The van der Waals surface area contributed by atoms with Gasteiger partial charge in [0.1, 0.15) is 18.1 Å². The molecule has 0 radical (unpaired) electrons. The first-order valence-corrected chi connectivity index (χ1v) is 9.64. The highest BCUT2D eigenvalue weighted by atomic mass is 32.1. The lowest BCUT2D eigenvalue weighted by Gasteiger charge is -2.07. The number of hydrogen-bond acceptors (Lipinski definition) is 7. The Bertz CT molecular complexity index is 1020. The molecule has 0 spiro atoms. The first-order chi connectivity index (χ1) is 14.0. The standard InChI is InChI=1S/C22H19NO5S/c1-15-23-18(14-29-15)13-27-20-6-4-3-5-16(20)9-12-21(24)28-19-10-7-17(8-11-19)22(25)26-2/h3-12,14H,13H2,1-2H3/b12-9+. The lowest BCUT2D eigenvalue weighted by Crippen LogP contribution is -2.05. The maximum atomic E-state index is 12.1. The molecule has 0 aliphatic heterocycles. The van der Waals surface area contributed by atoms with E-state index in [0.29, 0.717) is 23.7 Å². The van der Waals surface area contributed by atoms with Gasteiger partial charge in [-0.3, -0.25) is 0 Å². The second kappa shape index (κ2) is 9.66. The number of benzene rings is 2. The molecule has 2 aromatic carbocycles. The summed E-state index contributed by atoms with van der Waals surface area (Å²) in [4.78, 5) is 27.9. The topological polar surface area (TPSA) is 74.7 Å². The maximum Gasteiger partial charge on any atom is 0.337 e. The van der Waals surface area contributed by atoms with Gasteiger partial charge in [-0.25, -0.2) is 14.6 Å². The van der Waals surface area contributed by atoms with Gasteiger partial charge in [-0.05, 0) is 43.3 Å². The van der Waals surface area contributed by atoms with E-state index in [4.69, 9.17) is 9.47 Å². The zero-order chi connectivity index (χ0) is 20.6. The number of rotatable bonds is 7. The fraction of sp³-hybridized carbons (Fsp3) is 0.136. The van der Waals surface area contributed by atoms with Crippen LogP contribution in [-0.4, -0.2) is 24.0 Å². The van der Waals surface area contributed by atoms with Crippen molar-refractivity contribution >= 4 is 29.4 Å². The highest BCUT2D eigenvalue weighted by Crippen LogP contribution is 2.21. The summed E-state index contributed by atoms with van der Waals surface area (Å²) in [6.45, 7) is 2.30. The molecule has 0 aliphatic carbocycles. The monoisotopic (exact) mass is 409 g/mol. The lowest BCUT2D eigenvalue weighted by molar-refractivity contribution is -0.128. The van der Waals surface area contributed by atoms with Gasteiger partial charge in [0, 0.05) is 17.0 Å². The molecule has 6 nitrogen and oxygen atoms in total. The summed E-state index contributed by atoms with van der Waals surface area (Å²) in [5.74, 6) is -0.0201. The molecule has 7 heteroatoms. The molecule has 1 aromatic heterocycles. The number of carbonyl (C=O) groups excluding carboxylic acids is 2. The molecule has 0 fully saturated rings.